The summed E-state index contributed by atoms with van der Waals surface area (Å²) in [7, 11) is 0. The van der Waals surface area contributed by atoms with Crippen LogP contribution < -0.4 is 5.32 Å². The molecule has 2 aliphatic heterocycles. The number of carbonyl (C=O) groups excluding carboxylic acids is 1. The first-order valence-corrected chi connectivity index (χ1v) is 7.12. The minimum Gasteiger partial charge on any atom is -0.337 e. The molecule has 3 heterocycles. The molecule has 1 N–H and O–H groups in total. The van der Waals surface area contributed by atoms with Gasteiger partial charge in [-0.25, -0.2) is 0 Å². The van der Waals surface area contributed by atoms with Crippen LogP contribution in [-0.4, -0.2) is 35.4 Å². The Morgan fingerprint density at radius 3 is 3.21 bits per heavy atom. The fourth-order valence-corrected chi connectivity index (χ4v) is 3.16. The molecule has 0 aliphatic carbocycles. The maximum atomic E-state index is 12.8. The van der Waals surface area contributed by atoms with Crippen molar-refractivity contribution in [3.63, 3.8) is 0 Å². The minimum atomic E-state index is -0.224. The van der Waals surface area contributed by atoms with Gasteiger partial charge in [0.15, 0.2) is 0 Å². The Morgan fingerprint density at radius 1 is 1.53 bits per heavy atom. The molecular formula is C15H21N3O. The number of fused-ring (bicyclic) bond motifs is 1. The van der Waals surface area contributed by atoms with Gasteiger partial charge in [0, 0.05) is 37.9 Å². The minimum absolute atomic E-state index is 0.224. The maximum Gasteiger partial charge on any atom is 0.230 e. The zero-order valence-corrected chi connectivity index (χ0v) is 11.5. The molecule has 102 valence electrons. The molecule has 0 radical (unpaired) electrons. The summed E-state index contributed by atoms with van der Waals surface area (Å²) in [5, 5.41) is 3.35. The van der Waals surface area contributed by atoms with Crippen molar-refractivity contribution in [1.82, 2.24) is 15.2 Å². The molecule has 19 heavy (non-hydrogen) atoms. The van der Waals surface area contributed by atoms with Crippen LogP contribution in [0.3, 0.4) is 0 Å². The number of nitrogens with zero attached hydrogens (tertiary/aromatic N) is 2. The lowest BCUT2D eigenvalue weighted by atomic mass is 9.81. The van der Waals surface area contributed by atoms with E-state index in [4.69, 9.17) is 0 Å². The summed E-state index contributed by atoms with van der Waals surface area (Å²) >= 11 is 0. The number of rotatable bonds is 1. The Hall–Kier alpha value is -1.42. The molecule has 0 spiro atoms. The number of carbonyl (C=O) groups is 1. The lowest BCUT2D eigenvalue weighted by Gasteiger charge is -2.39. The summed E-state index contributed by atoms with van der Waals surface area (Å²) in [5.74, 6) is 0.300. The van der Waals surface area contributed by atoms with Crippen LogP contribution in [-0.2, 0) is 17.8 Å². The van der Waals surface area contributed by atoms with Crippen LogP contribution in [0.25, 0.3) is 0 Å². The zero-order chi connectivity index (χ0) is 13.3. The second-order valence-electron chi connectivity index (χ2n) is 5.93. The predicted molar refractivity (Wildman–Crippen MR) is 73.6 cm³/mol. The van der Waals surface area contributed by atoms with Gasteiger partial charge in [-0.15, -0.1) is 0 Å². The smallest absolute Gasteiger partial charge is 0.230 e. The fourth-order valence-electron chi connectivity index (χ4n) is 3.16. The third-order valence-electron chi connectivity index (χ3n) is 4.37. The van der Waals surface area contributed by atoms with E-state index in [9.17, 15) is 4.79 Å². The molecule has 0 bridgehead atoms. The monoisotopic (exact) mass is 259 g/mol. The van der Waals surface area contributed by atoms with Gasteiger partial charge < -0.3 is 10.2 Å². The van der Waals surface area contributed by atoms with Crippen molar-refractivity contribution in [2.24, 2.45) is 5.41 Å². The van der Waals surface area contributed by atoms with Crippen molar-refractivity contribution in [1.29, 1.82) is 0 Å². The summed E-state index contributed by atoms with van der Waals surface area (Å²) in [4.78, 5) is 19.2. The number of hydrogen-bond donors (Lipinski definition) is 1. The molecule has 4 nitrogen and oxygen atoms in total. The van der Waals surface area contributed by atoms with Crippen LogP contribution in [0.15, 0.2) is 18.3 Å². The van der Waals surface area contributed by atoms with Crippen LogP contribution in [0.1, 0.15) is 31.0 Å². The summed E-state index contributed by atoms with van der Waals surface area (Å²) in [6.07, 6.45) is 4.80. The number of hydrogen-bond acceptors (Lipinski definition) is 3. The zero-order valence-electron chi connectivity index (χ0n) is 11.5. The van der Waals surface area contributed by atoms with Gasteiger partial charge in [0.2, 0.25) is 5.91 Å². The molecule has 1 fully saturated rings. The van der Waals surface area contributed by atoms with Crippen LogP contribution in [0, 0.1) is 5.41 Å². The number of amides is 1. The van der Waals surface area contributed by atoms with Crippen molar-refractivity contribution >= 4 is 5.91 Å². The van der Waals surface area contributed by atoms with Gasteiger partial charge >= 0.3 is 0 Å². The Bertz CT molecular complexity index is 480. The molecule has 1 amide bonds. The van der Waals surface area contributed by atoms with Crippen molar-refractivity contribution in [3.05, 3.63) is 29.6 Å². The number of pyridine rings is 1. The third-order valence-corrected chi connectivity index (χ3v) is 4.37. The normalized spacial score (nSPS) is 26.9. The summed E-state index contributed by atoms with van der Waals surface area (Å²) in [5.41, 5.74) is 2.13. The molecule has 1 saturated heterocycles. The van der Waals surface area contributed by atoms with E-state index in [-0.39, 0.29) is 5.41 Å². The molecule has 1 unspecified atom stereocenters. The van der Waals surface area contributed by atoms with Crippen molar-refractivity contribution < 1.29 is 4.79 Å². The van der Waals surface area contributed by atoms with Gasteiger partial charge in [-0.05, 0) is 37.9 Å². The van der Waals surface area contributed by atoms with E-state index >= 15 is 0 Å². The second kappa shape index (κ2) is 4.93. The number of nitrogens with one attached hydrogen (secondary N) is 1. The average Bonchev–Trinajstić information content (AvgIpc) is 2.47. The molecule has 4 heteroatoms. The first kappa shape index (κ1) is 12.6. The summed E-state index contributed by atoms with van der Waals surface area (Å²) in [6, 6.07) is 4.04. The van der Waals surface area contributed by atoms with Gasteiger partial charge in [-0.2, -0.15) is 0 Å². The van der Waals surface area contributed by atoms with E-state index in [0.29, 0.717) is 5.91 Å². The van der Waals surface area contributed by atoms with Crippen molar-refractivity contribution in [2.45, 2.75) is 32.7 Å². The van der Waals surface area contributed by atoms with E-state index < -0.39 is 0 Å². The van der Waals surface area contributed by atoms with E-state index in [2.05, 4.69) is 23.3 Å². The van der Waals surface area contributed by atoms with Gasteiger partial charge in [-0.1, -0.05) is 6.07 Å². The largest absolute Gasteiger partial charge is 0.337 e. The number of piperidine rings is 1. The highest BCUT2D eigenvalue weighted by atomic mass is 16.2. The molecule has 2 aliphatic rings. The SMILES string of the molecule is CC1(C(=O)N2CCc3ncccc3C2)CCCNC1. The Labute approximate surface area is 114 Å². The molecule has 1 atom stereocenters. The lowest BCUT2D eigenvalue weighted by Crippen LogP contribution is -2.51. The molecule has 3 rings (SSSR count). The molecule has 1 aromatic heterocycles. The van der Waals surface area contributed by atoms with Crippen LogP contribution in [0.5, 0.6) is 0 Å². The third kappa shape index (κ3) is 2.37. The average molecular weight is 259 g/mol. The Kier molecular flexibility index (Phi) is 3.27. The van der Waals surface area contributed by atoms with E-state index in [1.54, 1.807) is 0 Å². The Balaban J connectivity index is 1.75. The topological polar surface area (TPSA) is 45.2 Å². The lowest BCUT2D eigenvalue weighted by molar-refractivity contribution is -0.143. The fraction of sp³-hybridized carbons (Fsp3) is 0.600. The Morgan fingerprint density at radius 2 is 2.42 bits per heavy atom. The second-order valence-corrected chi connectivity index (χ2v) is 5.93. The van der Waals surface area contributed by atoms with E-state index in [1.165, 1.54) is 5.56 Å². The number of aromatic nitrogens is 1. The van der Waals surface area contributed by atoms with Crippen LogP contribution in [0.2, 0.25) is 0 Å². The maximum absolute atomic E-state index is 12.8. The first-order valence-electron chi connectivity index (χ1n) is 7.12. The van der Waals surface area contributed by atoms with E-state index in [0.717, 1.165) is 51.1 Å². The molecular weight excluding hydrogens is 238 g/mol. The predicted octanol–water partition coefficient (Wildman–Crippen LogP) is 1.36. The standard InChI is InChI=1S/C15H21N3O/c1-15(6-3-7-16-11-15)14(19)18-9-5-13-12(10-18)4-2-8-17-13/h2,4,8,16H,3,5-7,9-11H2,1H3. The van der Waals surface area contributed by atoms with Crippen LogP contribution >= 0.6 is 0 Å². The quantitative estimate of drug-likeness (QED) is 0.828. The molecule has 0 aromatic carbocycles. The van der Waals surface area contributed by atoms with Gasteiger partial charge in [-0.3, -0.25) is 9.78 Å². The molecule has 0 saturated carbocycles. The summed E-state index contributed by atoms with van der Waals surface area (Å²) in [6.45, 7) is 5.47. The summed E-state index contributed by atoms with van der Waals surface area (Å²) < 4.78 is 0. The van der Waals surface area contributed by atoms with E-state index in [1.807, 2.05) is 17.2 Å². The van der Waals surface area contributed by atoms with Gasteiger partial charge in [0.25, 0.3) is 0 Å². The first-order chi connectivity index (χ1) is 9.19. The van der Waals surface area contributed by atoms with Gasteiger partial charge in [0.1, 0.15) is 0 Å². The highest BCUT2D eigenvalue weighted by Crippen LogP contribution is 2.30. The highest BCUT2D eigenvalue weighted by molar-refractivity contribution is 5.83. The van der Waals surface area contributed by atoms with Crippen LogP contribution in [0.4, 0.5) is 0 Å². The van der Waals surface area contributed by atoms with Crippen molar-refractivity contribution in [2.75, 3.05) is 19.6 Å². The van der Waals surface area contributed by atoms with Gasteiger partial charge in [0.05, 0.1) is 5.41 Å². The molecule has 1 aromatic rings. The highest BCUT2D eigenvalue weighted by Gasteiger charge is 2.38. The van der Waals surface area contributed by atoms with Crippen molar-refractivity contribution in [3.8, 4) is 0 Å².